The maximum atomic E-state index is 12.7. The predicted molar refractivity (Wildman–Crippen MR) is 105 cm³/mol. The van der Waals surface area contributed by atoms with Gasteiger partial charge in [0.25, 0.3) is 0 Å². The van der Waals surface area contributed by atoms with Gasteiger partial charge >= 0.3 is 0 Å². The van der Waals surface area contributed by atoms with Crippen LogP contribution in [0.5, 0.6) is 0 Å². The lowest BCUT2D eigenvalue weighted by Gasteiger charge is -2.43. The van der Waals surface area contributed by atoms with E-state index in [4.69, 9.17) is 0 Å². The molecular weight excluding hydrogens is 338 g/mol. The van der Waals surface area contributed by atoms with E-state index in [-0.39, 0.29) is 17.4 Å². The molecule has 0 bridgehead atoms. The van der Waals surface area contributed by atoms with E-state index >= 15 is 0 Å². The van der Waals surface area contributed by atoms with Crippen LogP contribution >= 0.6 is 0 Å². The molecule has 2 heterocycles. The number of nitrogens with zero attached hydrogens (tertiary/aromatic N) is 3. The van der Waals surface area contributed by atoms with E-state index in [1.165, 1.54) is 11.1 Å². The Balaban J connectivity index is 1.52. The van der Waals surface area contributed by atoms with Gasteiger partial charge in [-0.25, -0.2) is 0 Å². The van der Waals surface area contributed by atoms with Crippen molar-refractivity contribution in [3.63, 3.8) is 0 Å². The van der Waals surface area contributed by atoms with Gasteiger partial charge in [0.15, 0.2) is 0 Å². The van der Waals surface area contributed by atoms with E-state index in [0.29, 0.717) is 19.5 Å². The average Bonchev–Trinajstić information content (AvgIpc) is 3.16. The summed E-state index contributed by atoms with van der Waals surface area (Å²) in [7, 11) is 6.03. The highest BCUT2D eigenvalue weighted by Gasteiger charge is 2.53. The summed E-state index contributed by atoms with van der Waals surface area (Å²) < 4.78 is 1.97. The number of hydrogen-bond acceptors (Lipinski definition) is 3. The number of likely N-dealkylation sites (N-methyl/N-ethyl adjacent to an activating group) is 1. The summed E-state index contributed by atoms with van der Waals surface area (Å²) in [5.74, 6) is 0.181. The zero-order chi connectivity index (χ0) is 19.2. The number of carbonyl (C=O) groups excluding carboxylic acids is 1. The minimum absolute atomic E-state index is 0.0211. The van der Waals surface area contributed by atoms with Gasteiger partial charge in [0.1, 0.15) is 0 Å². The van der Waals surface area contributed by atoms with Crippen LogP contribution in [0.15, 0.2) is 42.7 Å². The van der Waals surface area contributed by atoms with Crippen molar-refractivity contribution in [1.29, 1.82) is 0 Å². The second-order valence-electron chi connectivity index (χ2n) is 8.34. The number of aryl methyl sites for hydroxylation is 1. The first-order chi connectivity index (χ1) is 12.9. The van der Waals surface area contributed by atoms with Crippen LogP contribution in [-0.2, 0) is 23.7 Å². The number of piperidine rings is 1. The van der Waals surface area contributed by atoms with Gasteiger partial charge in [-0.1, -0.05) is 24.3 Å². The molecule has 0 radical (unpaired) electrons. The molecule has 27 heavy (non-hydrogen) atoms. The van der Waals surface area contributed by atoms with Crippen LogP contribution in [0.2, 0.25) is 0 Å². The molecule has 0 unspecified atom stereocenters. The van der Waals surface area contributed by atoms with Gasteiger partial charge in [0.05, 0.1) is 18.6 Å². The zero-order valence-electron chi connectivity index (χ0n) is 16.4. The molecule has 1 amide bonds. The second-order valence-corrected chi connectivity index (χ2v) is 8.34. The molecule has 5 heteroatoms. The fourth-order valence-corrected chi connectivity index (χ4v) is 5.07. The van der Waals surface area contributed by atoms with Crippen molar-refractivity contribution < 1.29 is 9.90 Å². The number of aliphatic hydroxyl groups is 1. The van der Waals surface area contributed by atoms with Crippen molar-refractivity contribution in [2.75, 3.05) is 27.2 Å². The number of carbonyl (C=O) groups is 1. The SMILES string of the molecule is CN(C)[C@@H]1c2ccccc2C2(CCN(C(=O)Cc3ccn(C)c3)CC2)[C@H]1O. The van der Waals surface area contributed by atoms with Crippen LogP contribution in [0.3, 0.4) is 0 Å². The Morgan fingerprint density at radius 1 is 1.22 bits per heavy atom. The standard InChI is InChI=1S/C22H29N3O2/c1-23(2)20-17-6-4-5-7-18(17)22(21(20)27)9-12-25(13-10-22)19(26)14-16-8-11-24(3)15-16/h4-8,11,15,20-21,27H,9-10,12-14H2,1-3H3/t20-,21+/m1/s1. The lowest BCUT2D eigenvalue weighted by atomic mass is 9.72. The monoisotopic (exact) mass is 367 g/mol. The van der Waals surface area contributed by atoms with Gasteiger partial charge in [0.2, 0.25) is 5.91 Å². The van der Waals surface area contributed by atoms with E-state index in [9.17, 15) is 9.90 Å². The van der Waals surface area contributed by atoms with Crippen LogP contribution in [0.25, 0.3) is 0 Å². The molecule has 2 aliphatic rings. The number of aromatic nitrogens is 1. The second kappa shape index (κ2) is 6.80. The van der Waals surface area contributed by atoms with E-state index < -0.39 is 6.10 Å². The van der Waals surface area contributed by atoms with E-state index in [1.807, 2.05) is 49.1 Å². The molecule has 1 spiro atoms. The van der Waals surface area contributed by atoms with Crippen LogP contribution in [0.1, 0.15) is 35.6 Å². The highest BCUT2D eigenvalue weighted by molar-refractivity contribution is 5.79. The molecule has 1 saturated heterocycles. The van der Waals surface area contributed by atoms with Crippen molar-refractivity contribution >= 4 is 5.91 Å². The smallest absolute Gasteiger partial charge is 0.227 e. The third-order valence-corrected chi connectivity index (χ3v) is 6.49. The normalized spacial score (nSPS) is 23.8. The highest BCUT2D eigenvalue weighted by atomic mass is 16.3. The number of likely N-dealkylation sites (tertiary alicyclic amines) is 1. The van der Waals surface area contributed by atoms with Gasteiger partial charge in [0, 0.05) is 37.9 Å². The molecule has 5 nitrogen and oxygen atoms in total. The molecule has 4 rings (SSSR count). The van der Waals surface area contributed by atoms with Crippen molar-refractivity contribution in [2.45, 2.75) is 36.8 Å². The van der Waals surface area contributed by atoms with E-state index in [1.54, 1.807) is 0 Å². The van der Waals surface area contributed by atoms with E-state index in [0.717, 1.165) is 18.4 Å². The van der Waals surface area contributed by atoms with Crippen molar-refractivity contribution in [1.82, 2.24) is 14.4 Å². The third kappa shape index (κ3) is 2.99. The minimum Gasteiger partial charge on any atom is -0.390 e. The van der Waals surface area contributed by atoms with Gasteiger partial charge in [-0.2, -0.15) is 0 Å². The average molecular weight is 367 g/mol. The van der Waals surface area contributed by atoms with Crippen LogP contribution < -0.4 is 0 Å². The van der Waals surface area contributed by atoms with Gasteiger partial charge in [-0.3, -0.25) is 4.79 Å². The highest BCUT2D eigenvalue weighted by Crippen LogP contribution is 2.52. The Hall–Kier alpha value is -2.11. The summed E-state index contributed by atoms with van der Waals surface area (Å²) in [6.45, 7) is 1.41. The summed E-state index contributed by atoms with van der Waals surface area (Å²) in [5, 5.41) is 11.3. The molecule has 1 aliphatic heterocycles. The van der Waals surface area contributed by atoms with Gasteiger partial charge in [-0.05, 0) is 49.7 Å². The molecule has 1 aromatic carbocycles. The lowest BCUT2D eigenvalue weighted by Crippen LogP contribution is -2.50. The first kappa shape index (κ1) is 18.3. The number of aliphatic hydroxyl groups excluding tert-OH is 1. The Bertz CT molecular complexity index is 834. The van der Waals surface area contributed by atoms with Crippen molar-refractivity contribution in [2.24, 2.45) is 7.05 Å². The van der Waals surface area contributed by atoms with Gasteiger partial charge < -0.3 is 19.5 Å². The maximum absolute atomic E-state index is 12.7. The quantitative estimate of drug-likeness (QED) is 0.904. The molecule has 1 fully saturated rings. The van der Waals surface area contributed by atoms with Gasteiger partial charge in [-0.15, -0.1) is 0 Å². The molecule has 0 saturated carbocycles. The summed E-state index contributed by atoms with van der Waals surface area (Å²) >= 11 is 0. The summed E-state index contributed by atoms with van der Waals surface area (Å²) in [6, 6.07) is 10.5. The Labute approximate surface area is 161 Å². The van der Waals surface area contributed by atoms with Crippen LogP contribution in [-0.4, -0.2) is 58.7 Å². The molecular formula is C22H29N3O2. The molecule has 1 aliphatic carbocycles. The van der Waals surface area contributed by atoms with E-state index in [2.05, 4.69) is 29.2 Å². The molecule has 2 aromatic rings. The van der Waals surface area contributed by atoms with Crippen LogP contribution in [0.4, 0.5) is 0 Å². The fourth-order valence-electron chi connectivity index (χ4n) is 5.07. The van der Waals surface area contributed by atoms with Crippen molar-refractivity contribution in [3.8, 4) is 0 Å². The largest absolute Gasteiger partial charge is 0.390 e. The minimum atomic E-state index is -0.434. The summed E-state index contributed by atoms with van der Waals surface area (Å²) in [5.41, 5.74) is 3.32. The summed E-state index contributed by atoms with van der Waals surface area (Å²) in [6.07, 6.45) is 5.62. The number of benzene rings is 1. The summed E-state index contributed by atoms with van der Waals surface area (Å²) in [4.78, 5) is 16.8. The molecule has 2 atom stereocenters. The Kier molecular flexibility index (Phi) is 4.60. The zero-order valence-corrected chi connectivity index (χ0v) is 16.4. The maximum Gasteiger partial charge on any atom is 0.227 e. The third-order valence-electron chi connectivity index (χ3n) is 6.49. The Morgan fingerprint density at radius 2 is 1.93 bits per heavy atom. The fraction of sp³-hybridized carbons (Fsp3) is 0.500. The molecule has 1 N–H and O–H groups in total. The topological polar surface area (TPSA) is 48.7 Å². The molecule has 1 aromatic heterocycles. The first-order valence-electron chi connectivity index (χ1n) is 9.75. The number of rotatable bonds is 3. The number of hydrogen-bond donors (Lipinski definition) is 1. The predicted octanol–water partition coefficient (Wildman–Crippen LogP) is 2.11. The number of fused-ring (bicyclic) bond motifs is 2. The number of amides is 1. The van der Waals surface area contributed by atoms with Crippen LogP contribution in [0, 0.1) is 0 Å². The lowest BCUT2D eigenvalue weighted by molar-refractivity contribution is -0.133. The first-order valence-corrected chi connectivity index (χ1v) is 9.75. The Morgan fingerprint density at radius 3 is 2.56 bits per heavy atom. The molecule has 144 valence electrons. The van der Waals surface area contributed by atoms with Crippen molar-refractivity contribution in [3.05, 3.63) is 59.4 Å².